The van der Waals surface area contributed by atoms with Crippen molar-refractivity contribution in [2.75, 3.05) is 18.4 Å². The van der Waals surface area contributed by atoms with E-state index in [9.17, 15) is 8.42 Å². The number of sulfonamides is 1. The lowest BCUT2D eigenvalue weighted by molar-refractivity contribution is 0.412. The summed E-state index contributed by atoms with van der Waals surface area (Å²) in [7, 11) is -1.92. The topological polar surface area (TPSA) is 67.4 Å². The molecule has 118 valence electrons. The summed E-state index contributed by atoms with van der Waals surface area (Å²) < 4.78 is 33.9. The van der Waals surface area contributed by atoms with Crippen LogP contribution < -0.4 is 14.8 Å². The number of anilines is 1. The number of rotatable bonds is 7. The van der Waals surface area contributed by atoms with E-state index in [-0.39, 0.29) is 0 Å². The van der Waals surface area contributed by atoms with Crippen molar-refractivity contribution in [3.05, 3.63) is 21.1 Å². The fraction of sp³-hybridized carbons (Fsp3) is 0.538. The number of halogens is 2. The summed E-state index contributed by atoms with van der Waals surface area (Å²) >= 11 is 6.71. The largest absolute Gasteiger partial charge is 0.495 e. The van der Waals surface area contributed by atoms with Gasteiger partial charge in [-0.05, 0) is 57.7 Å². The quantitative estimate of drug-likeness (QED) is 0.682. The van der Waals surface area contributed by atoms with Crippen molar-refractivity contribution < 1.29 is 13.2 Å². The molecule has 0 heterocycles. The maximum absolute atomic E-state index is 12.3. The Morgan fingerprint density at radius 1 is 1.33 bits per heavy atom. The lowest BCUT2D eigenvalue weighted by Crippen LogP contribution is -2.35. The van der Waals surface area contributed by atoms with Crippen LogP contribution in [-0.4, -0.2) is 33.4 Å². The van der Waals surface area contributed by atoms with Crippen LogP contribution in [-0.2, 0) is 10.0 Å². The van der Waals surface area contributed by atoms with Crippen LogP contribution in [0.1, 0.15) is 19.8 Å². The van der Waals surface area contributed by atoms with Crippen molar-refractivity contribution in [3.8, 4) is 5.75 Å². The molecule has 2 rings (SSSR count). The van der Waals surface area contributed by atoms with E-state index in [1.165, 1.54) is 7.11 Å². The number of ether oxygens (including phenoxy) is 1. The van der Waals surface area contributed by atoms with Crippen molar-refractivity contribution in [2.45, 2.75) is 31.1 Å². The van der Waals surface area contributed by atoms with Gasteiger partial charge in [-0.3, -0.25) is 4.72 Å². The maximum Gasteiger partial charge on any atom is 0.236 e. The highest BCUT2D eigenvalue weighted by atomic mass is 79.9. The molecule has 0 bridgehead atoms. The van der Waals surface area contributed by atoms with Gasteiger partial charge in [0.1, 0.15) is 5.75 Å². The molecule has 5 nitrogen and oxygen atoms in total. The molecule has 1 aliphatic rings. The van der Waals surface area contributed by atoms with Crippen LogP contribution in [0.15, 0.2) is 21.1 Å². The molecule has 1 aliphatic carbocycles. The molecule has 1 atom stereocenters. The standard InChI is InChI=1S/C13H18Br2N2O3S/c1-8(7-16-9-3-4-9)21(18,19)17-12-6-13(20-2)11(15)5-10(12)14/h5-6,8-9,16-17H,3-4,7H2,1-2H3. The van der Waals surface area contributed by atoms with E-state index in [1.54, 1.807) is 19.1 Å². The third-order valence-electron chi connectivity index (χ3n) is 3.29. The second-order valence-corrected chi connectivity index (χ2v) is 8.91. The van der Waals surface area contributed by atoms with E-state index in [4.69, 9.17) is 4.74 Å². The normalized spacial score (nSPS) is 16.6. The molecule has 0 radical (unpaired) electrons. The Labute approximate surface area is 142 Å². The van der Waals surface area contributed by atoms with Gasteiger partial charge in [0.05, 0.1) is 22.5 Å². The third kappa shape index (κ3) is 4.58. The van der Waals surface area contributed by atoms with Gasteiger partial charge in [0.15, 0.2) is 0 Å². The second kappa shape index (κ2) is 6.85. The summed E-state index contributed by atoms with van der Waals surface area (Å²) in [6.07, 6.45) is 2.27. The Hall–Kier alpha value is -0.310. The summed E-state index contributed by atoms with van der Waals surface area (Å²) in [5, 5.41) is 2.72. The molecular formula is C13H18Br2N2O3S. The Morgan fingerprint density at radius 3 is 2.57 bits per heavy atom. The molecule has 0 amide bonds. The van der Waals surface area contributed by atoms with E-state index in [1.807, 2.05) is 0 Å². The van der Waals surface area contributed by atoms with Crippen LogP contribution in [0, 0.1) is 0 Å². The van der Waals surface area contributed by atoms with Gasteiger partial charge in [0.25, 0.3) is 0 Å². The van der Waals surface area contributed by atoms with Gasteiger partial charge in [0, 0.05) is 23.1 Å². The van der Waals surface area contributed by atoms with Gasteiger partial charge in [-0.15, -0.1) is 0 Å². The number of hydrogen-bond acceptors (Lipinski definition) is 4. The monoisotopic (exact) mass is 440 g/mol. The summed E-state index contributed by atoms with van der Waals surface area (Å²) in [4.78, 5) is 0. The van der Waals surface area contributed by atoms with E-state index in [0.29, 0.717) is 28.5 Å². The molecule has 2 N–H and O–H groups in total. The molecule has 0 spiro atoms. The Kier molecular flexibility index (Phi) is 5.56. The zero-order valence-electron chi connectivity index (χ0n) is 11.8. The Morgan fingerprint density at radius 2 is 2.00 bits per heavy atom. The van der Waals surface area contributed by atoms with E-state index in [0.717, 1.165) is 17.3 Å². The van der Waals surface area contributed by atoms with Crippen molar-refractivity contribution in [1.82, 2.24) is 5.32 Å². The fourth-order valence-electron chi connectivity index (χ4n) is 1.75. The fourth-order valence-corrected chi connectivity index (χ4v) is 4.13. The lowest BCUT2D eigenvalue weighted by Gasteiger charge is -2.17. The van der Waals surface area contributed by atoms with Gasteiger partial charge in [-0.25, -0.2) is 8.42 Å². The molecule has 21 heavy (non-hydrogen) atoms. The molecule has 0 aromatic heterocycles. The highest BCUT2D eigenvalue weighted by Crippen LogP contribution is 2.35. The highest BCUT2D eigenvalue weighted by molar-refractivity contribution is 9.11. The smallest absolute Gasteiger partial charge is 0.236 e. The predicted octanol–water partition coefficient (Wildman–Crippen LogP) is 3.10. The Bertz CT molecular complexity index is 618. The minimum Gasteiger partial charge on any atom is -0.495 e. The molecule has 1 unspecified atom stereocenters. The van der Waals surface area contributed by atoms with Crippen LogP contribution >= 0.6 is 31.9 Å². The first-order valence-electron chi connectivity index (χ1n) is 6.61. The average molecular weight is 442 g/mol. The molecule has 0 saturated heterocycles. The zero-order chi connectivity index (χ0) is 15.6. The van der Waals surface area contributed by atoms with Gasteiger partial charge in [0.2, 0.25) is 10.0 Å². The second-order valence-electron chi connectivity index (χ2n) is 5.11. The predicted molar refractivity (Wildman–Crippen MR) is 91.4 cm³/mol. The molecule has 1 aromatic carbocycles. The first-order valence-corrected chi connectivity index (χ1v) is 9.74. The lowest BCUT2D eigenvalue weighted by atomic mass is 10.3. The first-order chi connectivity index (χ1) is 9.83. The Balaban J connectivity index is 2.11. The van der Waals surface area contributed by atoms with Crippen LogP contribution in [0.5, 0.6) is 5.75 Å². The van der Waals surface area contributed by atoms with Crippen LogP contribution in [0.3, 0.4) is 0 Å². The summed E-state index contributed by atoms with van der Waals surface area (Å²) in [6.45, 7) is 2.15. The van der Waals surface area contributed by atoms with Gasteiger partial charge in [-0.2, -0.15) is 0 Å². The van der Waals surface area contributed by atoms with E-state index in [2.05, 4.69) is 41.9 Å². The molecule has 0 aliphatic heterocycles. The molecule has 1 fully saturated rings. The number of methoxy groups -OCH3 is 1. The summed E-state index contributed by atoms with van der Waals surface area (Å²) in [5.74, 6) is 0.569. The third-order valence-corrected chi connectivity index (χ3v) is 6.30. The molecular weight excluding hydrogens is 424 g/mol. The zero-order valence-corrected chi connectivity index (χ0v) is 15.8. The molecule has 8 heteroatoms. The molecule has 1 aromatic rings. The van der Waals surface area contributed by atoms with Crippen molar-refractivity contribution >= 4 is 47.6 Å². The van der Waals surface area contributed by atoms with Crippen molar-refractivity contribution in [2.24, 2.45) is 0 Å². The minimum absolute atomic E-state index is 0.450. The number of nitrogens with one attached hydrogen (secondary N) is 2. The van der Waals surface area contributed by atoms with Crippen LogP contribution in [0.2, 0.25) is 0 Å². The van der Waals surface area contributed by atoms with E-state index >= 15 is 0 Å². The van der Waals surface area contributed by atoms with Gasteiger partial charge in [-0.1, -0.05) is 0 Å². The molecule has 1 saturated carbocycles. The van der Waals surface area contributed by atoms with E-state index < -0.39 is 15.3 Å². The van der Waals surface area contributed by atoms with Crippen molar-refractivity contribution in [3.63, 3.8) is 0 Å². The number of hydrogen-bond donors (Lipinski definition) is 2. The maximum atomic E-state index is 12.3. The summed E-state index contributed by atoms with van der Waals surface area (Å²) in [5.41, 5.74) is 0.466. The van der Waals surface area contributed by atoms with Gasteiger partial charge < -0.3 is 10.1 Å². The van der Waals surface area contributed by atoms with Crippen LogP contribution in [0.4, 0.5) is 5.69 Å². The highest BCUT2D eigenvalue weighted by Gasteiger charge is 2.26. The number of benzene rings is 1. The minimum atomic E-state index is -3.45. The van der Waals surface area contributed by atoms with Crippen LogP contribution in [0.25, 0.3) is 0 Å². The summed E-state index contributed by atoms with van der Waals surface area (Å²) in [6, 6.07) is 3.89. The van der Waals surface area contributed by atoms with Gasteiger partial charge >= 0.3 is 0 Å². The first kappa shape index (κ1) is 17.1. The SMILES string of the molecule is COc1cc(NS(=O)(=O)C(C)CNC2CC2)c(Br)cc1Br. The average Bonchev–Trinajstić information content (AvgIpc) is 3.23. The van der Waals surface area contributed by atoms with Crippen molar-refractivity contribution in [1.29, 1.82) is 0 Å².